The number of halogens is 1. The summed E-state index contributed by atoms with van der Waals surface area (Å²) in [6.07, 6.45) is 3.26. The summed E-state index contributed by atoms with van der Waals surface area (Å²) >= 11 is 4.72. The number of furan rings is 1. The van der Waals surface area contributed by atoms with Gasteiger partial charge in [-0.05, 0) is 24.3 Å². The van der Waals surface area contributed by atoms with Crippen molar-refractivity contribution in [1.29, 1.82) is 0 Å². The van der Waals surface area contributed by atoms with Gasteiger partial charge < -0.3 is 8.98 Å². The number of hydrogen-bond donors (Lipinski definition) is 0. The van der Waals surface area contributed by atoms with E-state index in [-0.39, 0.29) is 5.78 Å². The summed E-state index contributed by atoms with van der Waals surface area (Å²) in [4.78, 5) is 12.2. The number of nitrogens with zero attached hydrogens (tertiary/aromatic N) is 3. The lowest BCUT2D eigenvalue weighted by Crippen LogP contribution is -2.05. The average molecular weight is 378 g/mol. The monoisotopic (exact) mass is 377 g/mol. The molecule has 0 bridgehead atoms. The quantitative estimate of drug-likeness (QED) is 0.484. The molecule has 0 spiro atoms. The van der Waals surface area contributed by atoms with E-state index in [1.54, 1.807) is 24.7 Å². The van der Waals surface area contributed by atoms with Gasteiger partial charge in [0.1, 0.15) is 12.1 Å². The highest BCUT2D eigenvalue weighted by Gasteiger charge is 2.11. The highest BCUT2D eigenvalue weighted by atomic mass is 79.9. The van der Waals surface area contributed by atoms with Crippen molar-refractivity contribution in [3.63, 3.8) is 0 Å². The number of rotatable bonds is 6. The molecule has 22 heavy (non-hydrogen) atoms. The zero-order valence-electron chi connectivity index (χ0n) is 11.5. The standard InChI is InChI=1S/C15H12BrN3O2S/c16-12-5-3-11(4-6-12)14(20)9-22-15-18-17-10-19(15)8-13-2-1-7-21-13/h1-7,10H,8-9H2. The molecule has 3 rings (SSSR count). The van der Waals surface area contributed by atoms with Crippen LogP contribution in [0.1, 0.15) is 16.1 Å². The molecule has 2 heterocycles. The van der Waals surface area contributed by atoms with Crippen LogP contribution in [0.15, 0.2) is 63.0 Å². The van der Waals surface area contributed by atoms with Gasteiger partial charge in [-0.15, -0.1) is 10.2 Å². The molecule has 7 heteroatoms. The molecule has 3 aromatic rings. The molecule has 0 fully saturated rings. The second-order valence-electron chi connectivity index (χ2n) is 4.54. The van der Waals surface area contributed by atoms with E-state index < -0.39 is 0 Å². The zero-order chi connectivity index (χ0) is 15.4. The largest absolute Gasteiger partial charge is 0.467 e. The van der Waals surface area contributed by atoms with Crippen molar-refractivity contribution in [2.45, 2.75) is 11.7 Å². The van der Waals surface area contributed by atoms with Crippen LogP contribution < -0.4 is 0 Å². The fourth-order valence-electron chi connectivity index (χ4n) is 1.88. The lowest BCUT2D eigenvalue weighted by Gasteiger charge is -2.04. The molecule has 0 amide bonds. The molecule has 0 aliphatic rings. The Morgan fingerprint density at radius 2 is 2.09 bits per heavy atom. The van der Waals surface area contributed by atoms with Crippen LogP contribution in [-0.4, -0.2) is 26.3 Å². The summed E-state index contributed by atoms with van der Waals surface area (Å²) in [6, 6.07) is 11.1. The van der Waals surface area contributed by atoms with Crippen LogP contribution in [0.3, 0.4) is 0 Å². The van der Waals surface area contributed by atoms with Gasteiger partial charge in [0, 0.05) is 10.0 Å². The maximum atomic E-state index is 12.2. The topological polar surface area (TPSA) is 60.9 Å². The van der Waals surface area contributed by atoms with Gasteiger partial charge in [0.15, 0.2) is 10.9 Å². The first-order chi connectivity index (χ1) is 10.7. The summed E-state index contributed by atoms with van der Waals surface area (Å²) in [5, 5.41) is 8.65. The molecule has 0 N–H and O–H groups in total. The van der Waals surface area contributed by atoms with Crippen LogP contribution in [0.2, 0.25) is 0 Å². The van der Waals surface area contributed by atoms with Crippen LogP contribution in [0.4, 0.5) is 0 Å². The second kappa shape index (κ2) is 6.93. The Balaban J connectivity index is 1.63. The molecule has 0 saturated carbocycles. The molecule has 0 unspecified atom stereocenters. The smallest absolute Gasteiger partial charge is 0.191 e. The number of aromatic nitrogens is 3. The van der Waals surface area contributed by atoms with Gasteiger partial charge in [-0.2, -0.15) is 0 Å². The van der Waals surface area contributed by atoms with Gasteiger partial charge in [0.2, 0.25) is 0 Å². The number of carbonyl (C=O) groups is 1. The Morgan fingerprint density at radius 1 is 1.27 bits per heavy atom. The van der Waals surface area contributed by atoms with Crippen LogP contribution >= 0.6 is 27.7 Å². The van der Waals surface area contributed by atoms with E-state index in [4.69, 9.17) is 4.42 Å². The highest BCUT2D eigenvalue weighted by molar-refractivity contribution is 9.10. The average Bonchev–Trinajstić information content (AvgIpc) is 3.18. The van der Waals surface area contributed by atoms with Gasteiger partial charge in [-0.3, -0.25) is 4.79 Å². The highest BCUT2D eigenvalue weighted by Crippen LogP contribution is 2.19. The maximum Gasteiger partial charge on any atom is 0.191 e. The molecule has 1 aromatic carbocycles. The summed E-state index contributed by atoms with van der Waals surface area (Å²) in [5.41, 5.74) is 0.688. The molecular weight excluding hydrogens is 366 g/mol. The van der Waals surface area contributed by atoms with E-state index in [2.05, 4.69) is 26.1 Å². The summed E-state index contributed by atoms with van der Waals surface area (Å²) in [5.74, 6) is 1.20. The third-order valence-corrected chi connectivity index (χ3v) is 4.49. The van der Waals surface area contributed by atoms with Crippen molar-refractivity contribution < 1.29 is 9.21 Å². The molecule has 0 atom stereocenters. The molecule has 5 nitrogen and oxygen atoms in total. The first kappa shape index (κ1) is 15.1. The molecule has 112 valence electrons. The molecule has 0 aliphatic carbocycles. The van der Waals surface area contributed by atoms with E-state index in [1.807, 2.05) is 28.8 Å². The molecule has 0 aliphatic heterocycles. The van der Waals surface area contributed by atoms with Crippen molar-refractivity contribution in [3.05, 3.63) is 64.8 Å². The second-order valence-corrected chi connectivity index (χ2v) is 6.40. The minimum Gasteiger partial charge on any atom is -0.467 e. The lowest BCUT2D eigenvalue weighted by molar-refractivity contribution is 0.102. The minimum absolute atomic E-state index is 0.0602. The number of ketones is 1. The number of carbonyl (C=O) groups excluding carboxylic acids is 1. The Kier molecular flexibility index (Phi) is 4.74. The van der Waals surface area contributed by atoms with Gasteiger partial charge in [-0.25, -0.2) is 0 Å². The number of Topliss-reactive ketones (excluding diaryl/α,β-unsaturated/α-hetero) is 1. The summed E-state index contributed by atoms with van der Waals surface area (Å²) < 4.78 is 8.12. The molecule has 0 radical (unpaired) electrons. The maximum absolute atomic E-state index is 12.2. The number of thioether (sulfide) groups is 1. The normalized spacial score (nSPS) is 10.8. The third kappa shape index (κ3) is 3.66. The van der Waals surface area contributed by atoms with Gasteiger partial charge >= 0.3 is 0 Å². The van der Waals surface area contributed by atoms with E-state index in [1.165, 1.54) is 11.8 Å². The van der Waals surface area contributed by atoms with E-state index in [9.17, 15) is 4.79 Å². The van der Waals surface area contributed by atoms with E-state index in [0.717, 1.165) is 10.2 Å². The van der Waals surface area contributed by atoms with E-state index in [0.29, 0.717) is 23.0 Å². The molecule has 0 saturated heterocycles. The Hall–Kier alpha value is -1.86. The first-order valence-corrected chi connectivity index (χ1v) is 8.32. The predicted octanol–water partition coefficient (Wildman–Crippen LogP) is 3.66. The Morgan fingerprint density at radius 3 is 2.82 bits per heavy atom. The van der Waals surface area contributed by atoms with Crippen molar-refractivity contribution >= 4 is 33.5 Å². The van der Waals surface area contributed by atoms with Crippen molar-refractivity contribution in [2.75, 3.05) is 5.75 Å². The van der Waals surface area contributed by atoms with Crippen LogP contribution in [0.5, 0.6) is 0 Å². The third-order valence-electron chi connectivity index (χ3n) is 2.98. The van der Waals surface area contributed by atoms with Crippen molar-refractivity contribution in [3.8, 4) is 0 Å². The minimum atomic E-state index is 0.0602. The Labute approximate surface area is 139 Å². The fraction of sp³-hybridized carbons (Fsp3) is 0.133. The lowest BCUT2D eigenvalue weighted by atomic mass is 10.2. The zero-order valence-corrected chi connectivity index (χ0v) is 13.9. The number of hydrogen-bond acceptors (Lipinski definition) is 5. The van der Waals surface area contributed by atoms with E-state index >= 15 is 0 Å². The van der Waals surface area contributed by atoms with Crippen molar-refractivity contribution in [1.82, 2.24) is 14.8 Å². The fourth-order valence-corrected chi connectivity index (χ4v) is 2.96. The molecular formula is C15H12BrN3O2S. The SMILES string of the molecule is O=C(CSc1nncn1Cc1ccco1)c1ccc(Br)cc1. The number of benzene rings is 1. The predicted molar refractivity (Wildman–Crippen MR) is 87.0 cm³/mol. The summed E-state index contributed by atoms with van der Waals surface area (Å²) in [6.45, 7) is 0.550. The van der Waals surface area contributed by atoms with Crippen LogP contribution in [-0.2, 0) is 6.54 Å². The van der Waals surface area contributed by atoms with Gasteiger partial charge in [0.25, 0.3) is 0 Å². The first-order valence-electron chi connectivity index (χ1n) is 6.54. The van der Waals surface area contributed by atoms with Gasteiger partial charge in [-0.1, -0.05) is 39.8 Å². The van der Waals surface area contributed by atoms with Crippen LogP contribution in [0, 0.1) is 0 Å². The summed E-state index contributed by atoms with van der Waals surface area (Å²) in [7, 11) is 0. The molecule has 2 aromatic heterocycles. The Bertz CT molecular complexity index is 753. The van der Waals surface area contributed by atoms with Crippen molar-refractivity contribution in [2.24, 2.45) is 0 Å². The van der Waals surface area contributed by atoms with Gasteiger partial charge in [0.05, 0.1) is 18.6 Å². The van der Waals surface area contributed by atoms with Crippen LogP contribution in [0.25, 0.3) is 0 Å².